The molecule has 0 aliphatic rings. The zero-order chi connectivity index (χ0) is 18.9. The van der Waals surface area contributed by atoms with Crippen molar-refractivity contribution >= 4 is 21.1 Å². The lowest BCUT2D eigenvalue weighted by molar-refractivity contribution is 0.565. The molecular formula is C17H23N5O3S. The topological polar surface area (TPSA) is 90.9 Å². The summed E-state index contributed by atoms with van der Waals surface area (Å²) >= 11 is 0. The summed E-state index contributed by atoms with van der Waals surface area (Å²) in [5, 5.41) is 0. The highest BCUT2D eigenvalue weighted by atomic mass is 32.2. The maximum absolute atomic E-state index is 12.5. The van der Waals surface area contributed by atoms with Gasteiger partial charge in [-0.2, -0.15) is 0 Å². The second-order valence-electron chi connectivity index (χ2n) is 6.19. The van der Waals surface area contributed by atoms with Crippen molar-refractivity contribution in [3.63, 3.8) is 0 Å². The molecule has 0 bridgehead atoms. The second-order valence-corrected chi connectivity index (χ2v) is 7.96. The van der Waals surface area contributed by atoms with Gasteiger partial charge in [0.2, 0.25) is 10.0 Å². The monoisotopic (exact) mass is 377 g/mol. The fourth-order valence-corrected chi connectivity index (χ4v) is 4.14. The summed E-state index contributed by atoms with van der Waals surface area (Å²) < 4.78 is 32.7. The zero-order valence-corrected chi connectivity index (χ0v) is 16.0. The SMILES string of the molecule is CCc1nccn1CCCNS(=O)(=O)c1ccc2c(c1)n(C)c(=O)n2C. The zero-order valence-electron chi connectivity index (χ0n) is 15.1. The first-order valence-corrected chi connectivity index (χ1v) is 9.98. The molecule has 0 spiro atoms. The summed E-state index contributed by atoms with van der Waals surface area (Å²) in [5.74, 6) is 0.989. The van der Waals surface area contributed by atoms with E-state index in [1.807, 2.05) is 17.7 Å². The van der Waals surface area contributed by atoms with Crippen molar-refractivity contribution < 1.29 is 8.42 Å². The van der Waals surface area contributed by atoms with Crippen LogP contribution in [0.4, 0.5) is 0 Å². The summed E-state index contributed by atoms with van der Waals surface area (Å²) in [6.45, 7) is 3.07. The van der Waals surface area contributed by atoms with E-state index in [1.54, 1.807) is 26.4 Å². The van der Waals surface area contributed by atoms with Gasteiger partial charge in [0, 0.05) is 46.0 Å². The van der Waals surface area contributed by atoms with Crippen molar-refractivity contribution in [1.29, 1.82) is 0 Å². The lowest BCUT2D eigenvalue weighted by atomic mass is 10.3. The minimum Gasteiger partial charge on any atom is -0.335 e. The Morgan fingerprint density at radius 3 is 2.62 bits per heavy atom. The Labute approximate surface area is 152 Å². The number of nitrogens with one attached hydrogen (secondary N) is 1. The molecule has 0 unspecified atom stereocenters. The standard InChI is InChI=1S/C17H23N5O3S/c1-4-16-18-9-11-22(16)10-5-8-19-26(24,25)13-6-7-14-15(12-13)21(3)17(23)20(14)2/h6-7,9,11-12,19H,4-5,8,10H2,1-3H3. The summed E-state index contributed by atoms with van der Waals surface area (Å²) in [4.78, 5) is 16.4. The molecule has 1 aromatic carbocycles. The number of aryl methyl sites for hydroxylation is 4. The number of benzene rings is 1. The molecular weight excluding hydrogens is 354 g/mol. The van der Waals surface area contributed by atoms with Gasteiger partial charge in [0.15, 0.2) is 0 Å². The van der Waals surface area contributed by atoms with Gasteiger partial charge in [-0.3, -0.25) is 9.13 Å². The fraction of sp³-hybridized carbons (Fsp3) is 0.412. The lowest BCUT2D eigenvalue weighted by Crippen LogP contribution is -2.25. The van der Waals surface area contributed by atoms with E-state index in [1.165, 1.54) is 21.3 Å². The van der Waals surface area contributed by atoms with Crippen LogP contribution < -0.4 is 10.4 Å². The van der Waals surface area contributed by atoms with Crippen LogP contribution in [0.15, 0.2) is 40.3 Å². The van der Waals surface area contributed by atoms with Gasteiger partial charge in [0.25, 0.3) is 0 Å². The molecule has 9 heteroatoms. The molecule has 0 radical (unpaired) electrons. The van der Waals surface area contributed by atoms with Gasteiger partial charge in [0.05, 0.1) is 15.9 Å². The molecule has 140 valence electrons. The van der Waals surface area contributed by atoms with Crippen LogP contribution in [0.1, 0.15) is 19.2 Å². The van der Waals surface area contributed by atoms with Crippen LogP contribution in [-0.4, -0.2) is 33.6 Å². The smallest absolute Gasteiger partial charge is 0.328 e. The predicted octanol–water partition coefficient (Wildman–Crippen LogP) is 1.00. The molecule has 3 rings (SSSR count). The molecule has 0 aliphatic heterocycles. The summed E-state index contributed by atoms with van der Waals surface area (Å²) in [5.41, 5.74) is 1.10. The first-order valence-electron chi connectivity index (χ1n) is 8.50. The minimum absolute atomic E-state index is 0.156. The van der Waals surface area contributed by atoms with Crippen LogP contribution in [-0.2, 0) is 37.1 Å². The predicted molar refractivity (Wildman–Crippen MR) is 99.6 cm³/mol. The molecule has 0 fully saturated rings. The molecule has 0 aliphatic carbocycles. The number of sulfonamides is 1. The third kappa shape index (κ3) is 3.32. The number of rotatable bonds is 7. The van der Waals surface area contributed by atoms with Crippen molar-refractivity contribution in [3.8, 4) is 0 Å². The number of hydrogen-bond acceptors (Lipinski definition) is 4. The molecule has 0 atom stereocenters. The maximum atomic E-state index is 12.5. The van der Waals surface area contributed by atoms with Gasteiger partial charge < -0.3 is 4.57 Å². The quantitative estimate of drug-likeness (QED) is 0.622. The van der Waals surface area contributed by atoms with Crippen LogP contribution in [0.3, 0.4) is 0 Å². The van der Waals surface area contributed by atoms with Gasteiger partial charge in [-0.1, -0.05) is 6.92 Å². The Morgan fingerprint density at radius 2 is 1.88 bits per heavy atom. The van der Waals surface area contributed by atoms with E-state index in [2.05, 4.69) is 9.71 Å². The van der Waals surface area contributed by atoms with Gasteiger partial charge in [-0.15, -0.1) is 0 Å². The van der Waals surface area contributed by atoms with E-state index in [0.29, 0.717) is 30.5 Å². The van der Waals surface area contributed by atoms with Gasteiger partial charge in [-0.25, -0.2) is 22.9 Å². The third-order valence-corrected chi connectivity index (χ3v) is 6.00. The summed E-state index contributed by atoms with van der Waals surface area (Å²) in [6, 6.07) is 4.71. The largest absolute Gasteiger partial charge is 0.335 e. The Hall–Kier alpha value is -2.39. The van der Waals surface area contributed by atoms with E-state index in [9.17, 15) is 13.2 Å². The van der Waals surface area contributed by atoms with Gasteiger partial charge >= 0.3 is 5.69 Å². The average molecular weight is 377 g/mol. The molecule has 2 aromatic heterocycles. The van der Waals surface area contributed by atoms with Crippen molar-refractivity contribution in [2.45, 2.75) is 31.2 Å². The first-order chi connectivity index (χ1) is 12.3. The molecule has 0 saturated carbocycles. The molecule has 0 saturated heterocycles. The van der Waals surface area contributed by atoms with Crippen LogP contribution in [0.25, 0.3) is 11.0 Å². The minimum atomic E-state index is -3.63. The van der Waals surface area contributed by atoms with E-state index >= 15 is 0 Å². The number of aromatic nitrogens is 4. The first kappa shape index (κ1) is 18.4. The van der Waals surface area contributed by atoms with E-state index in [0.717, 1.165) is 12.2 Å². The normalized spacial score (nSPS) is 12.1. The molecule has 2 heterocycles. The van der Waals surface area contributed by atoms with Crippen molar-refractivity contribution in [1.82, 2.24) is 23.4 Å². The number of hydrogen-bond donors (Lipinski definition) is 1. The second kappa shape index (κ2) is 7.08. The van der Waals surface area contributed by atoms with E-state index in [-0.39, 0.29) is 10.6 Å². The van der Waals surface area contributed by atoms with Crippen molar-refractivity contribution in [3.05, 3.63) is 46.9 Å². The van der Waals surface area contributed by atoms with Crippen LogP contribution in [0.2, 0.25) is 0 Å². The molecule has 8 nitrogen and oxygen atoms in total. The van der Waals surface area contributed by atoms with Crippen molar-refractivity contribution in [2.75, 3.05) is 6.54 Å². The Kier molecular flexibility index (Phi) is 5.01. The molecule has 1 N–H and O–H groups in total. The van der Waals surface area contributed by atoms with E-state index in [4.69, 9.17) is 0 Å². The number of fused-ring (bicyclic) bond motifs is 1. The van der Waals surface area contributed by atoms with Crippen LogP contribution in [0.5, 0.6) is 0 Å². The molecule has 0 amide bonds. The van der Waals surface area contributed by atoms with Crippen LogP contribution >= 0.6 is 0 Å². The highest BCUT2D eigenvalue weighted by Gasteiger charge is 2.16. The highest BCUT2D eigenvalue weighted by Crippen LogP contribution is 2.17. The fourth-order valence-electron chi connectivity index (χ4n) is 3.05. The number of nitrogens with zero attached hydrogens (tertiary/aromatic N) is 4. The van der Waals surface area contributed by atoms with E-state index < -0.39 is 10.0 Å². The van der Waals surface area contributed by atoms with Gasteiger partial charge in [0.1, 0.15) is 5.82 Å². The lowest BCUT2D eigenvalue weighted by Gasteiger charge is -2.09. The highest BCUT2D eigenvalue weighted by molar-refractivity contribution is 7.89. The third-order valence-electron chi connectivity index (χ3n) is 4.54. The molecule has 26 heavy (non-hydrogen) atoms. The Balaban J connectivity index is 1.71. The van der Waals surface area contributed by atoms with Crippen LogP contribution in [0, 0.1) is 0 Å². The number of imidazole rings is 2. The molecule has 3 aromatic rings. The van der Waals surface area contributed by atoms with Crippen molar-refractivity contribution in [2.24, 2.45) is 14.1 Å². The summed E-state index contributed by atoms with van der Waals surface area (Å²) in [6.07, 6.45) is 5.16. The van der Waals surface area contributed by atoms with Gasteiger partial charge in [-0.05, 0) is 24.6 Å². The maximum Gasteiger partial charge on any atom is 0.328 e. The Bertz CT molecular complexity index is 1090. The Morgan fingerprint density at radius 1 is 1.15 bits per heavy atom. The summed E-state index contributed by atoms with van der Waals surface area (Å²) in [7, 11) is -0.334. The average Bonchev–Trinajstić information content (AvgIpc) is 3.17.